The first-order valence-corrected chi connectivity index (χ1v) is 9.89. The average Bonchev–Trinajstić information content (AvgIpc) is 2.65. The van der Waals surface area contributed by atoms with Crippen LogP contribution in [0.15, 0.2) is 48.5 Å². The Morgan fingerprint density at radius 3 is 2.33 bits per heavy atom. The topological polar surface area (TPSA) is 96.5 Å². The lowest BCUT2D eigenvalue weighted by atomic mass is 10.2. The third kappa shape index (κ3) is 8.53. The van der Waals surface area contributed by atoms with Crippen LogP contribution < -0.4 is 16.0 Å². The largest absolute Gasteiger partial charge is 0.444 e. The minimum absolute atomic E-state index is 0.122. The van der Waals surface area contributed by atoms with Gasteiger partial charge in [-0.25, -0.2) is 4.79 Å². The zero-order valence-electron chi connectivity index (χ0n) is 17.3. The van der Waals surface area contributed by atoms with Crippen molar-refractivity contribution in [3.8, 4) is 0 Å². The maximum absolute atomic E-state index is 12.1. The third-order valence-corrected chi connectivity index (χ3v) is 4.03. The molecule has 0 atom stereocenters. The first-order valence-electron chi connectivity index (χ1n) is 9.52. The van der Waals surface area contributed by atoms with Crippen LogP contribution in [0.5, 0.6) is 0 Å². The fourth-order valence-corrected chi connectivity index (χ4v) is 2.63. The summed E-state index contributed by atoms with van der Waals surface area (Å²) in [6.07, 6.45) is -0.434. The highest BCUT2D eigenvalue weighted by Crippen LogP contribution is 2.12. The summed E-state index contributed by atoms with van der Waals surface area (Å²) < 4.78 is 5.11. The van der Waals surface area contributed by atoms with Gasteiger partial charge in [0.1, 0.15) is 5.60 Å². The summed E-state index contributed by atoms with van der Waals surface area (Å²) in [5.41, 5.74) is 1.42. The minimum Gasteiger partial charge on any atom is -0.444 e. The molecule has 0 aliphatic heterocycles. The average molecular weight is 432 g/mol. The Hall–Kier alpha value is -3.06. The number of carbonyl (C=O) groups excluding carboxylic acids is 3. The fourth-order valence-electron chi connectivity index (χ4n) is 2.44. The number of rotatable bonds is 7. The first kappa shape index (κ1) is 23.2. The molecule has 160 valence electrons. The number of amides is 3. The number of hydrogen-bond acceptors (Lipinski definition) is 4. The van der Waals surface area contributed by atoms with E-state index >= 15 is 0 Å². The molecule has 3 N–H and O–H groups in total. The number of anilines is 1. The minimum atomic E-state index is -0.582. The molecule has 0 bridgehead atoms. The normalized spacial score (nSPS) is 10.8. The maximum atomic E-state index is 12.1. The third-order valence-electron chi connectivity index (χ3n) is 3.80. The molecule has 0 unspecified atom stereocenters. The first-order chi connectivity index (χ1) is 14.1. The van der Waals surface area contributed by atoms with Crippen LogP contribution in [0.1, 0.15) is 43.1 Å². The standard InChI is InChI=1S/C22H26ClN3O4/c1-22(2,3)30-21(29)24-12-11-19(27)26-18-9-7-15(8-10-18)14-25-20(28)16-5-4-6-17(23)13-16/h4-10,13H,11-12,14H2,1-3H3,(H,24,29)(H,25,28)(H,26,27). The Morgan fingerprint density at radius 2 is 1.70 bits per heavy atom. The fraction of sp³-hybridized carbons (Fsp3) is 0.318. The van der Waals surface area contributed by atoms with Crippen molar-refractivity contribution >= 4 is 35.2 Å². The van der Waals surface area contributed by atoms with Crippen molar-refractivity contribution < 1.29 is 19.1 Å². The van der Waals surface area contributed by atoms with Gasteiger partial charge >= 0.3 is 6.09 Å². The molecule has 3 amide bonds. The van der Waals surface area contributed by atoms with Crippen LogP contribution in [0.2, 0.25) is 5.02 Å². The number of nitrogens with one attached hydrogen (secondary N) is 3. The van der Waals surface area contributed by atoms with Crippen molar-refractivity contribution in [2.24, 2.45) is 0 Å². The van der Waals surface area contributed by atoms with E-state index in [-0.39, 0.29) is 24.8 Å². The van der Waals surface area contributed by atoms with Gasteiger partial charge in [0, 0.05) is 35.8 Å². The SMILES string of the molecule is CC(C)(C)OC(=O)NCCC(=O)Nc1ccc(CNC(=O)c2cccc(Cl)c2)cc1. The predicted molar refractivity (Wildman–Crippen MR) is 117 cm³/mol. The van der Waals surface area contributed by atoms with Crippen molar-refractivity contribution in [1.29, 1.82) is 0 Å². The lowest BCUT2D eigenvalue weighted by Crippen LogP contribution is -2.34. The van der Waals surface area contributed by atoms with Gasteiger partial charge in [0.15, 0.2) is 0 Å². The second-order valence-electron chi connectivity index (χ2n) is 7.62. The van der Waals surface area contributed by atoms with Crippen LogP contribution in [0.4, 0.5) is 10.5 Å². The van der Waals surface area contributed by atoms with Crippen LogP contribution in [0.3, 0.4) is 0 Å². The van der Waals surface area contributed by atoms with Gasteiger partial charge in [-0.1, -0.05) is 29.8 Å². The van der Waals surface area contributed by atoms with Gasteiger partial charge in [-0.3, -0.25) is 9.59 Å². The van der Waals surface area contributed by atoms with E-state index in [4.69, 9.17) is 16.3 Å². The molecule has 0 spiro atoms. The molecule has 2 rings (SSSR count). The summed E-state index contributed by atoms with van der Waals surface area (Å²) in [4.78, 5) is 35.7. The van der Waals surface area contributed by atoms with Crippen molar-refractivity contribution in [2.45, 2.75) is 39.3 Å². The Kier molecular flexibility index (Phi) is 8.24. The van der Waals surface area contributed by atoms with E-state index in [0.717, 1.165) is 5.56 Å². The quantitative estimate of drug-likeness (QED) is 0.614. The van der Waals surface area contributed by atoms with Gasteiger partial charge in [0.2, 0.25) is 5.91 Å². The molecule has 30 heavy (non-hydrogen) atoms. The molecule has 0 saturated heterocycles. The smallest absolute Gasteiger partial charge is 0.407 e. The summed E-state index contributed by atoms with van der Waals surface area (Å²) in [5, 5.41) is 8.62. The number of ether oxygens (including phenoxy) is 1. The van der Waals surface area contributed by atoms with Crippen molar-refractivity contribution in [3.05, 3.63) is 64.7 Å². The lowest BCUT2D eigenvalue weighted by molar-refractivity contribution is -0.116. The van der Waals surface area contributed by atoms with Crippen LogP contribution in [0.25, 0.3) is 0 Å². The summed E-state index contributed by atoms with van der Waals surface area (Å²) in [6, 6.07) is 13.8. The Morgan fingerprint density at radius 1 is 1.00 bits per heavy atom. The Bertz CT molecular complexity index is 892. The van der Waals surface area contributed by atoms with Gasteiger partial charge in [-0.2, -0.15) is 0 Å². The molecule has 2 aromatic rings. The van der Waals surface area contributed by atoms with Crippen molar-refractivity contribution in [2.75, 3.05) is 11.9 Å². The lowest BCUT2D eigenvalue weighted by Gasteiger charge is -2.19. The van der Waals surface area contributed by atoms with Gasteiger partial charge in [0.25, 0.3) is 5.91 Å². The molecule has 0 heterocycles. The zero-order chi connectivity index (χ0) is 22.1. The Balaban J connectivity index is 1.74. The van der Waals surface area contributed by atoms with E-state index in [1.54, 1.807) is 57.2 Å². The maximum Gasteiger partial charge on any atom is 0.407 e. The molecule has 2 aromatic carbocycles. The van der Waals surface area contributed by atoms with E-state index in [1.165, 1.54) is 0 Å². The highest BCUT2D eigenvalue weighted by atomic mass is 35.5. The van der Waals surface area contributed by atoms with Gasteiger partial charge in [-0.05, 0) is 56.7 Å². The van der Waals surface area contributed by atoms with Crippen molar-refractivity contribution in [1.82, 2.24) is 10.6 Å². The molecule has 0 aliphatic rings. The summed E-state index contributed by atoms with van der Waals surface area (Å²) in [5.74, 6) is -0.444. The molecular weight excluding hydrogens is 406 g/mol. The molecule has 0 fully saturated rings. The molecule has 0 aliphatic carbocycles. The second-order valence-corrected chi connectivity index (χ2v) is 8.05. The molecule has 0 aromatic heterocycles. The van der Waals surface area contributed by atoms with Crippen LogP contribution >= 0.6 is 11.6 Å². The number of carbonyl (C=O) groups is 3. The number of hydrogen-bond donors (Lipinski definition) is 3. The molecule has 8 heteroatoms. The van der Waals surface area contributed by atoms with Gasteiger partial charge in [-0.15, -0.1) is 0 Å². The number of alkyl carbamates (subject to hydrolysis) is 1. The molecule has 0 radical (unpaired) electrons. The van der Waals surface area contributed by atoms with E-state index < -0.39 is 11.7 Å². The molecule has 7 nitrogen and oxygen atoms in total. The van der Waals surface area contributed by atoms with E-state index in [1.807, 2.05) is 12.1 Å². The predicted octanol–water partition coefficient (Wildman–Crippen LogP) is 4.12. The second kappa shape index (κ2) is 10.6. The Labute approximate surface area is 181 Å². The summed E-state index contributed by atoms with van der Waals surface area (Å²) in [7, 11) is 0. The van der Waals surface area contributed by atoms with Gasteiger partial charge in [0.05, 0.1) is 0 Å². The van der Waals surface area contributed by atoms with Crippen LogP contribution in [-0.2, 0) is 16.1 Å². The van der Waals surface area contributed by atoms with Crippen molar-refractivity contribution in [3.63, 3.8) is 0 Å². The van der Waals surface area contributed by atoms with Gasteiger partial charge < -0.3 is 20.7 Å². The number of benzene rings is 2. The number of halogens is 1. The highest BCUT2D eigenvalue weighted by molar-refractivity contribution is 6.30. The summed E-state index contributed by atoms with van der Waals surface area (Å²) >= 11 is 5.90. The monoisotopic (exact) mass is 431 g/mol. The van der Waals surface area contributed by atoms with Crippen LogP contribution in [-0.4, -0.2) is 30.1 Å². The highest BCUT2D eigenvalue weighted by Gasteiger charge is 2.15. The molecular formula is C22H26ClN3O4. The van der Waals surface area contributed by atoms with E-state index in [2.05, 4.69) is 16.0 Å². The van der Waals surface area contributed by atoms with Crippen LogP contribution in [0, 0.1) is 0 Å². The molecule has 0 saturated carbocycles. The summed E-state index contributed by atoms with van der Waals surface area (Å²) in [6.45, 7) is 5.83. The van der Waals surface area contributed by atoms with E-state index in [9.17, 15) is 14.4 Å². The van der Waals surface area contributed by atoms with E-state index in [0.29, 0.717) is 22.8 Å². The zero-order valence-corrected chi connectivity index (χ0v) is 18.0.